The normalized spacial score (nSPS) is 13.8. The molecule has 0 unspecified atom stereocenters. The van der Waals surface area contributed by atoms with Crippen LogP contribution in [0.5, 0.6) is 23.0 Å². The Balaban J connectivity index is 0.000000279. The Morgan fingerprint density at radius 1 is 0.341 bits per heavy atom. The zero-order valence-corrected chi connectivity index (χ0v) is 75.1. The van der Waals surface area contributed by atoms with Gasteiger partial charge in [0, 0.05) is 33.1 Å². The summed E-state index contributed by atoms with van der Waals surface area (Å²) in [5.41, 5.74) is 24.1. The minimum atomic E-state index is -0.672. The molecule has 20 heteroatoms. The number of azide groups is 1. The standard InChI is InChI=1S/C74H77N3O2.C32H37N5O9.ClH/c1-69(2,3)53-24-32-59(33-25-53)73(57-20-16-14-17-21-57,60-34-26-54(27-35-60)70(4,5)6)63-40-44-65(45-41-63)75-67(78)51-48-52(50-77(13)49-51)68(79)76-66-46-42-64(43-47-66)74(58-22-18-15-19-23-58,61-36-28-55(29-37-61)71(7,8)9)62-38-30-56(31-39-62)72(10,11)12;33-37-36-26-22-24-21-25(23-26)32(39)35-10-12-44-28-3-7-30(8-4-28)46-20-18-42-16-14-40-13-15-41-17-19-45-29-5-1-27(2-6-29)43-11-9-34-31(24)38;/h14-50H,1-13H3,(H-,75,76,78,79);1-8,21-23H,9-20H2,(H,34,38)(H,35,39);1H. The molecule has 4 amide bonds. The Morgan fingerprint density at radius 3 is 0.873 bits per heavy atom. The molecule has 12 aromatic rings. The molecule has 6 bridgehead atoms. The van der Waals surface area contributed by atoms with E-state index in [1.807, 2.05) is 31.3 Å². The molecular weight excluding hydrogens is 1600 g/mol. The average molecular weight is 1710 g/mol. The summed E-state index contributed by atoms with van der Waals surface area (Å²) in [7, 11) is 1.83. The van der Waals surface area contributed by atoms with Gasteiger partial charge < -0.3 is 66.8 Å². The van der Waals surface area contributed by atoms with E-state index in [0.717, 1.165) is 44.5 Å². The van der Waals surface area contributed by atoms with Crippen LogP contribution in [0.3, 0.4) is 0 Å². The van der Waals surface area contributed by atoms with Crippen molar-refractivity contribution in [3.8, 4) is 23.0 Å². The molecule has 0 atom stereocenters. The Bertz CT molecular complexity index is 5180. The van der Waals surface area contributed by atoms with E-state index in [-0.39, 0.29) is 89.0 Å². The van der Waals surface area contributed by atoms with Crippen LogP contribution in [-0.2, 0) is 53.7 Å². The van der Waals surface area contributed by atoms with Gasteiger partial charge in [-0.15, -0.1) is 0 Å². The second-order valence-corrected chi connectivity index (χ2v) is 35.2. The van der Waals surface area contributed by atoms with Crippen LogP contribution in [0.15, 0.2) is 297 Å². The minimum absolute atomic E-state index is 0. The number of nitrogens with zero attached hydrogens (tertiary/aromatic N) is 4. The van der Waals surface area contributed by atoms with Crippen molar-refractivity contribution in [2.24, 2.45) is 12.2 Å². The summed E-state index contributed by atoms with van der Waals surface area (Å²) >= 11 is 0. The van der Waals surface area contributed by atoms with Crippen molar-refractivity contribution in [1.82, 2.24) is 10.6 Å². The second-order valence-electron chi connectivity index (χ2n) is 35.2. The van der Waals surface area contributed by atoms with Crippen LogP contribution in [0, 0.1) is 0 Å². The van der Waals surface area contributed by atoms with Crippen LogP contribution >= 0.6 is 0 Å². The molecule has 0 fully saturated rings. The van der Waals surface area contributed by atoms with Gasteiger partial charge in [-0.1, -0.05) is 270 Å². The highest BCUT2D eigenvalue weighted by atomic mass is 35.5. The van der Waals surface area contributed by atoms with E-state index < -0.39 is 22.6 Å². The van der Waals surface area contributed by atoms with Crippen LogP contribution in [0.25, 0.3) is 10.4 Å². The summed E-state index contributed by atoms with van der Waals surface area (Å²) in [4.78, 5) is 56.9. The van der Waals surface area contributed by atoms with Gasteiger partial charge in [0.25, 0.3) is 23.6 Å². The number of amides is 4. The maximum Gasteiger partial charge on any atom is 0.261 e. The minimum Gasteiger partial charge on any atom is -1.00 e. The van der Waals surface area contributed by atoms with Gasteiger partial charge in [0.1, 0.15) is 67.6 Å². The van der Waals surface area contributed by atoms with Gasteiger partial charge in [-0.25, -0.2) is 4.57 Å². The van der Waals surface area contributed by atoms with Crippen LogP contribution in [0.1, 0.15) is 191 Å². The molecule has 0 aliphatic carbocycles. The predicted molar refractivity (Wildman–Crippen MR) is 495 cm³/mol. The molecule has 11 aromatic carbocycles. The van der Waals surface area contributed by atoms with Crippen LogP contribution in [0.4, 0.5) is 17.1 Å². The fourth-order valence-electron chi connectivity index (χ4n) is 15.3. The molecule has 652 valence electrons. The number of pyridine rings is 1. The summed E-state index contributed by atoms with van der Waals surface area (Å²) < 4.78 is 41.1. The van der Waals surface area contributed by atoms with Crippen molar-refractivity contribution in [3.05, 3.63) is 391 Å². The number of nitrogens with one attached hydrogen (secondary N) is 4. The third-order valence-electron chi connectivity index (χ3n) is 22.1. The van der Waals surface area contributed by atoms with Crippen molar-refractivity contribution in [3.63, 3.8) is 0 Å². The maximum absolute atomic E-state index is 14.2. The Kier molecular flexibility index (Phi) is 31.8. The summed E-state index contributed by atoms with van der Waals surface area (Å²) in [6.45, 7) is 31.1. The van der Waals surface area contributed by atoms with Crippen molar-refractivity contribution in [2.75, 3.05) is 89.8 Å². The number of benzene rings is 11. The summed E-state index contributed by atoms with van der Waals surface area (Å²) in [5, 5.41) is 15.4. The Labute approximate surface area is 747 Å². The molecule has 126 heavy (non-hydrogen) atoms. The number of carbonyl (C=O) groups is 4. The monoisotopic (exact) mass is 1710 g/mol. The van der Waals surface area contributed by atoms with Gasteiger partial charge in [0.2, 0.25) is 0 Å². The maximum atomic E-state index is 14.2. The first-order valence-corrected chi connectivity index (χ1v) is 42.6. The molecule has 5 heterocycles. The molecule has 0 spiro atoms. The quantitative estimate of drug-likeness (QED) is 0.0279. The summed E-state index contributed by atoms with van der Waals surface area (Å²) in [6.07, 6.45) is 3.48. The Morgan fingerprint density at radius 2 is 0.595 bits per heavy atom. The van der Waals surface area contributed by atoms with E-state index in [1.165, 1.54) is 40.5 Å². The number of aryl methyl sites for hydroxylation is 1. The lowest BCUT2D eigenvalue weighted by Gasteiger charge is -2.37. The first kappa shape index (κ1) is 93.8. The van der Waals surface area contributed by atoms with Gasteiger partial charge >= 0.3 is 0 Å². The largest absolute Gasteiger partial charge is 1.00 e. The highest BCUT2D eigenvalue weighted by molar-refractivity contribution is 6.08. The van der Waals surface area contributed by atoms with E-state index in [0.29, 0.717) is 98.4 Å². The lowest BCUT2D eigenvalue weighted by atomic mass is 9.64. The molecule has 16 rings (SSSR count). The molecule has 4 aliphatic heterocycles. The highest BCUT2D eigenvalue weighted by Crippen LogP contribution is 2.49. The lowest BCUT2D eigenvalue weighted by Crippen LogP contribution is -3.00. The topological polar surface area (TPSA) is 234 Å². The van der Waals surface area contributed by atoms with Crippen molar-refractivity contribution in [1.29, 1.82) is 0 Å². The average Bonchev–Trinajstić information content (AvgIpc) is 0.734. The number of aromatic nitrogens is 1. The molecule has 0 saturated carbocycles. The third kappa shape index (κ3) is 24.2. The van der Waals surface area contributed by atoms with Gasteiger partial charge in [-0.05, 0) is 191 Å². The van der Waals surface area contributed by atoms with Gasteiger partial charge in [-0.2, -0.15) is 0 Å². The third-order valence-corrected chi connectivity index (χ3v) is 22.1. The van der Waals surface area contributed by atoms with Crippen molar-refractivity contribution in [2.45, 2.75) is 116 Å². The smallest absolute Gasteiger partial charge is 0.261 e. The number of carbonyl (C=O) groups excluding carboxylic acids is 4. The van der Waals surface area contributed by atoms with Crippen LogP contribution in [0.2, 0.25) is 0 Å². The number of rotatable bonds is 13. The predicted octanol–water partition coefficient (Wildman–Crippen LogP) is 18.0. The SMILES string of the molecule is C[n+]1cc(C(=O)Nc2ccc(C(c3ccccc3)(c3ccc(C(C)(C)C)cc3)c3ccc(C(C)(C)C)cc3)cc2)cc(C(=O)Nc2ccc(C(c3ccccc3)(c3ccc(C(C)(C)C)cc3)c3ccc(C(C)(C)C)cc3)cc2)c1.[Cl-].[N-]=[N+]=Nc1cc2cc(c1)C(=O)NCCOc1ccc(cc1)OCCOCCOCCOCCOc1ccc(cc1)OCCNC2=O. The van der Waals surface area contributed by atoms with Crippen LogP contribution < -0.4 is 57.2 Å². The molecular formula is C106H115ClN8O11. The molecule has 4 N–H and O–H groups in total. The van der Waals surface area contributed by atoms with Gasteiger partial charge in [-0.3, -0.25) is 19.2 Å². The molecule has 19 nitrogen and oxygen atoms in total. The van der Waals surface area contributed by atoms with Gasteiger partial charge in [0.05, 0.1) is 63.6 Å². The van der Waals surface area contributed by atoms with Crippen molar-refractivity contribution >= 4 is 40.7 Å². The molecule has 1 aromatic heterocycles. The summed E-state index contributed by atoms with van der Waals surface area (Å²) in [6, 6.07) is 94.2. The zero-order chi connectivity index (χ0) is 88.8. The van der Waals surface area contributed by atoms with Crippen molar-refractivity contribution < 1.29 is 69.3 Å². The Hall–Kier alpha value is -12.9. The number of anilines is 2. The number of hydrogen-bond acceptors (Lipinski definition) is 12. The zero-order valence-electron chi connectivity index (χ0n) is 74.4. The molecule has 0 radical (unpaired) electrons. The molecule has 4 aliphatic rings. The summed E-state index contributed by atoms with van der Waals surface area (Å²) in [5.74, 6) is 0.997. The lowest BCUT2D eigenvalue weighted by molar-refractivity contribution is -0.671. The van der Waals surface area contributed by atoms with E-state index in [4.69, 9.17) is 38.7 Å². The van der Waals surface area contributed by atoms with E-state index in [2.05, 4.69) is 296 Å². The first-order valence-electron chi connectivity index (χ1n) is 42.6. The second kappa shape index (κ2) is 42.7. The first-order chi connectivity index (χ1) is 60.0. The fourth-order valence-corrected chi connectivity index (χ4v) is 15.3. The van der Waals surface area contributed by atoms with Crippen LogP contribution in [-0.4, -0.2) is 103 Å². The number of hydrogen-bond donors (Lipinski definition) is 4. The number of halogens is 1. The number of ether oxygens (including phenoxy) is 7. The van der Waals surface area contributed by atoms with E-state index in [1.54, 1.807) is 71.6 Å². The van der Waals surface area contributed by atoms with Gasteiger partial charge in [0.15, 0.2) is 12.4 Å². The van der Waals surface area contributed by atoms with E-state index >= 15 is 0 Å². The molecule has 0 saturated heterocycles. The highest BCUT2D eigenvalue weighted by Gasteiger charge is 2.41. The van der Waals surface area contributed by atoms with E-state index in [9.17, 15) is 19.2 Å². The fraction of sp³-hybridized carbons (Fsp3) is 0.292.